The predicted octanol–water partition coefficient (Wildman–Crippen LogP) is 2.04. The van der Waals surface area contributed by atoms with Crippen LogP contribution in [0.5, 0.6) is 11.6 Å². The highest BCUT2D eigenvalue weighted by atomic mass is 16.5. The van der Waals surface area contributed by atoms with Crippen molar-refractivity contribution in [3.8, 4) is 11.6 Å². The van der Waals surface area contributed by atoms with E-state index in [1.807, 2.05) is 0 Å². The summed E-state index contributed by atoms with van der Waals surface area (Å²) < 4.78 is 11.7. The van der Waals surface area contributed by atoms with E-state index in [1.165, 1.54) is 12.8 Å². The Kier molecular flexibility index (Phi) is 5.04. The molecule has 7 heteroatoms. The summed E-state index contributed by atoms with van der Waals surface area (Å²) in [5.74, 6) is 2.00. The molecule has 1 aromatic heterocycles. The predicted molar refractivity (Wildman–Crippen MR) is 98.5 cm³/mol. The van der Waals surface area contributed by atoms with Crippen molar-refractivity contribution < 1.29 is 19.1 Å². The van der Waals surface area contributed by atoms with Gasteiger partial charge >= 0.3 is 0 Å². The molecule has 1 heterocycles. The topological polar surface area (TPSA) is 104 Å². The standard InChI is InChI=1S/C20H27N3O4/c21-20(12-24,9-13-1-2-13)23-18(25)16-7-8-17(26-10-14-3-4-14)19(22-16)27-11-15-5-6-15/h7-8,12-15H,1-6,9-11,21H2,(H,23,25)/t20-/m0/s1. The molecule has 0 unspecified atom stereocenters. The van der Waals surface area contributed by atoms with Gasteiger partial charge in [-0.15, -0.1) is 0 Å². The van der Waals surface area contributed by atoms with Crippen LogP contribution in [0.2, 0.25) is 0 Å². The molecule has 0 radical (unpaired) electrons. The van der Waals surface area contributed by atoms with Crippen LogP contribution in [0.25, 0.3) is 0 Å². The highest BCUT2D eigenvalue weighted by Gasteiger charge is 2.35. The van der Waals surface area contributed by atoms with Crippen LogP contribution in [0, 0.1) is 17.8 Å². The van der Waals surface area contributed by atoms with E-state index >= 15 is 0 Å². The number of carbonyl (C=O) groups is 2. The van der Waals surface area contributed by atoms with Gasteiger partial charge in [-0.3, -0.25) is 9.59 Å². The van der Waals surface area contributed by atoms with Crippen molar-refractivity contribution in [1.29, 1.82) is 0 Å². The molecular formula is C20H27N3O4. The molecule has 0 aromatic carbocycles. The van der Waals surface area contributed by atoms with Gasteiger partial charge in [0.15, 0.2) is 12.0 Å². The van der Waals surface area contributed by atoms with Crippen molar-refractivity contribution in [2.75, 3.05) is 13.2 Å². The lowest BCUT2D eigenvalue weighted by Crippen LogP contribution is -2.57. The van der Waals surface area contributed by atoms with Crippen LogP contribution in [-0.2, 0) is 4.79 Å². The van der Waals surface area contributed by atoms with Crippen molar-refractivity contribution in [3.63, 3.8) is 0 Å². The summed E-state index contributed by atoms with van der Waals surface area (Å²) in [6.07, 6.45) is 7.87. The molecule has 7 nitrogen and oxygen atoms in total. The Hall–Kier alpha value is -2.15. The summed E-state index contributed by atoms with van der Waals surface area (Å²) in [5, 5.41) is 2.63. The third-order valence-corrected chi connectivity index (χ3v) is 5.26. The maximum Gasteiger partial charge on any atom is 0.271 e. The van der Waals surface area contributed by atoms with Crippen LogP contribution in [0.15, 0.2) is 12.1 Å². The second-order valence-corrected chi connectivity index (χ2v) is 8.27. The number of ether oxygens (including phenoxy) is 2. The zero-order valence-corrected chi connectivity index (χ0v) is 15.5. The smallest absolute Gasteiger partial charge is 0.271 e. The van der Waals surface area contributed by atoms with Gasteiger partial charge in [0.25, 0.3) is 11.8 Å². The molecule has 1 atom stereocenters. The molecule has 3 saturated carbocycles. The number of amides is 1. The summed E-state index contributed by atoms with van der Waals surface area (Å²) >= 11 is 0. The van der Waals surface area contributed by atoms with Crippen LogP contribution in [-0.4, -0.2) is 36.1 Å². The molecule has 3 N–H and O–H groups in total. The maximum absolute atomic E-state index is 12.6. The van der Waals surface area contributed by atoms with E-state index in [0.717, 1.165) is 25.7 Å². The molecule has 27 heavy (non-hydrogen) atoms. The van der Waals surface area contributed by atoms with E-state index in [4.69, 9.17) is 15.2 Å². The van der Waals surface area contributed by atoms with Crippen molar-refractivity contribution in [1.82, 2.24) is 10.3 Å². The Bertz CT molecular complexity index is 713. The molecule has 4 rings (SSSR count). The second kappa shape index (κ2) is 7.46. The van der Waals surface area contributed by atoms with Crippen LogP contribution in [0.1, 0.15) is 55.4 Å². The molecule has 3 aliphatic carbocycles. The summed E-state index contributed by atoms with van der Waals surface area (Å²) in [6, 6.07) is 3.30. The van der Waals surface area contributed by atoms with Gasteiger partial charge in [0.2, 0.25) is 0 Å². The van der Waals surface area contributed by atoms with Crippen molar-refractivity contribution in [2.45, 2.75) is 50.6 Å². The van der Waals surface area contributed by atoms with E-state index in [2.05, 4.69) is 10.3 Å². The largest absolute Gasteiger partial charge is 0.488 e. The number of nitrogens with zero attached hydrogens (tertiary/aromatic N) is 1. The van der Waals surface area contributed by atoms with Gasteiger partial charge in [0.1, 0.15) is 11.4 Å². The molecule has 1 aromatic rings. The van der Waals surface area contributed by atoms with Crippen LogP contribution < -0.4 is 20.5 Å². The summed E-state index contributed by atoms with van der Waals surface area (Å²) in [6.45, 7) is 1.22. The second-order valence-electron chi connectivity index (χ2n) is 8.27. The summed E-state index contributed by atoms with van der Waals surface area (Å²) in [7, 11) is 0. The van der Waals surface area contributed by atoms with Gasteiger partial charge in [-0.05, 0) is 62.0 Å². The third kappa shape index (κ3) is 5.19. The third-order valence-electron chi connectivity index (χ3n) is 5.26. The van der Waals surface area contributed by atoms with Crippen molar-refractivity contribution in [2.24, 2.45) is 23.5 Å². The molecule has 0 saturated heterocycles. The first-order valence-corrected chi connectivity index (χ1v) is 9.89. The van der Waals surface area contributed by atoms with Crippen LogP contribution >= 0.6 is 0 Å². The molecule has 0 aliphatic heterocycles. The number of nitrogens with two attached hydrogens (primary N) is 1. The molecular weight excluding hydrogens is 346 g/mol. The van der Waals surface area contributed by atoms with Crippen LogP contribution in [0.4, 0.5) is 0 Å². The monoisotopic (exact) mass is 373 g/mol. The molecule has 1 amide bonds. The number of aldehydes is 1. The fourth-order valence-electron chi connectivity index (χ4n) is 2.94. The number of aromatic nitrogens is 1. The lowest BCUT2D eigenvalue weighted by Gasteiger charge is -2.24. The summed E-state index contributed by atoms with van der Waals surface area (Å²) in [5.41, 5.74) is 4.88. The van der Waals surface area contributed by atoms with Crippen molar-refractivity contribution in [3.05, 3.63) is 17.8 Å². The normalized spacial score (nSPS) is 21.2. The molecule has 146 valence electrons. The van der Waals surface area contributed by atoms with E-state index in [0.29, 0.717) is 55.3 Å². The Morgan fingerprint density at radius 2 is 1.74 bits per heavy atom. The number of pyridine rings is 1. The molecule has 3 fully saturated rings. The number of hydrogen-bond donors (Lipinski definition) is 2. The maximum atomic E-state index is 12.6. The average molecular weight is 373 g/mol. The van der Waals surface area contributed by atoms with Gasteiger partial charge in [-0.25, -0.2) is 4.98 Å². The lowest BCUT2D eigenvalue weighted by atomic mass is 10.1. The number of carbonyl (C=O) groups excluding carboxylic acids is 2. The minimum atomic E-state index is -1.35. The lowest BCUT2D eigenvalue weighted by molar-refractivity contribution is -0.113. The molecule has 0 spiro atoms. The van der Waals surface area contributed by atoms with E-state index in [1.54, 1.807) is 12.1 Å². The number of hydrogen-bond acceptors (Lipinski definition) is 6. The molecule has 3 aliphatic rings. The highest BCUT2D eigenvalue weighted by molar-refractivity contribution is 5.94. The van der Waals surface area contributed by atoms with Gasteiger partial charge in [-0.1, -0.05) is 12.8 Å². The number of nitrogens with one attached hydrogen (secondary N) is 1. The fourth-order valence-corrected chi connectivity index (χ4v) is 2.94. The SMILES string of the molecule is N[C@@](C=O)(CC1CC1)NC(=O)c1ccc(OCC2CC2)c(OCC2CC2)n1. The van der Waals surface area contributed by atoms with E-state index in [9.17, 15) is 9.59 Å². The van der Waals surface area contributed by atoms with Crippen molar-refractivity contribution >= 4 is 12.2 Å². The Labute approximate surface area is 159 Å². The van der Waals surface area contributed by atoms with E-state index < -0.39 is 11.6 Å². The number of rotatable bonds is 11. The minimum Gasteiger partial charge on any atom is -0.488 e. The Morgan fingerprint density at radius 3 is 2.33 bits per heavy atom. The zero-order chi connectivity index (χ0) is 18.9. The first kappa shape index (κ1) is 18.2. The average Bonchev–Trinajstić information content (AvgIpc) is 3.51. The van der Waals surface area contributed by atoms with E-state index in [-0.39, 0.29) is 5.69 Å². The Balaban J connectivity index is 1.45. The summed E-state index contributed by atoms with van der Waals surface area (Å²) in [4.78, 5) is 28.4. The fraction of sp³-hybridized carbons (Fsp3) is 0.650. The Morgan fingerprint density at radius 1 is 1.11 bits per heavy atom. The first-order chi connectivity index (χ1) is 13.0. The van der Waals surface area contributed by atoms with Gasteiger partial charge in [0.05, 0.1) is 13.2 Å². The van der Waals surface area contributed by atoms with Gasteiger partial charge in [0, 0.05) is 0 Å². The molecule has 0 bridgehead atoms. The highest BCUT2D eigenvalue weighted by Crippen LogP contribution is 2.36. The quantitative estimate of drug-likeness (QED) is 0.454. The van der Waals surface area contributed by atoms with Crippen LogP contribution in [0.3, 0.4) is 0 Å². The van der Waals surface area contributed by atoms with Gasteiger partial charge < -0.3 is 20.5 Å². The van der Waals surface area contributed by atoms with Gasteiger partial charge in [-0.2, -0.15) is 0 Å². The minimum absolute atomic E-state index is 0.173. The zero-order valence-electron chi connectivity index (χ0n) is 15.5. The first-order valence-electron chi connectivity index (χ1n) is 9.89.